The number of aromatic nitrogens is 1. The minimum Gasteiger partial charge on any atom is -0.455 e. The smallest absolute Gasteiger partial charge is 0.338 e. The molecule has 1 saturated heterocycles. The maximum absolute atomic E-state index is 12.7. The molecule has 0 amide bonds. The van der Waals surface area contributed by atoms with Gasteiger partial charge in [0.15, 0.2) is 5.76 Å². The lowest BCUT2D eigenvalue weighted by atomic mass is 10.2. The lowest BCUT2D eigenvalue weighted by Gasteiger charge is -2.25. The second-order valence-electron chi connectivity index (χ2n) is 6.73. The summed E-state index contributed by atoms with van der Waals surface area (Å²) in [6.07, 6.45) is 2.80. The van der Waals surface area contributed by atoms with Crippen LogP contribution in [-0.2, 0) is 21.4 Å². The van der Waals surface area contributed by atoms with Crippen molar-refractivity contribution >= 4 is 27.3 Å². The van der Waals surface area contributed by atoms with E-state index in [1.54, 1.807) is 6.07 Å². The number of ether oxygens (including phenoxy) is 1. The summed E-state index contributed by atoms with van der Waals surface area (Å²) in [6.45, 7) is 1.05. The predicted molar refractivity (Wildman–Crippen MR) is 108 cm³/mol. The zero-order valence-corrected chi connectivity index (χ0v) is 17.2. The van der Waals surface area contributed by atoms with Crippen molar-refractivity contribution < 1.29 is 22.5 Å². The second kappa shape index (κ2) is 8.48. The summed E-state index contributed by atoms with van der Waals surface area (Å²) in [6, 6.07) is 11.4. The molecule has 0 N–H and O–H groups in total. The maximum atomic E-state index is 12.7. The van der Waals surface area contributed by atoms with Gasteiger partial charge in [-0.1, -0.05) is 17.6 Å². The van der Waals surface area contributed by atoms with Crippen LogP contribution >= 0.6 is 11.3 Å². The largest absolute Gasteiger partial charge is 0.455 e. The number of carbonyl (C=O) groups excluding carboxylic acids is 1. The molecule has 3 aromatic rings. The van der Waals surface area contributed by atoms with Gasteiger partial charge in [0.25, 0.3) is 0 Å². The van der Waals surface area contributed by atoms with E-state index >= 15 is 0 Å². The van der Waals surface area contributed by atoms with Crippen LogP contribution in [0, 0.1) is 0 Å². The zero-order chi connectivity index (χ0) is 20.3. The van der Waals surface area contributed by atoms with E-state index in [4.69, 9.17) is 9.26 Å². The van der Waals surface area contributed by atoms with Gasteiger partial charge in [-0.15, -0.1) is 11.3 Å². The monoisotopic (exact) mass is 432 g/mol. The molecule has 9 heteroatoms. The van der Waals surface area contributed by atoms with Gasteiger partial charge in [-0.05, 0) is 48.6 Å². The summed E-state index contributed by atoms with van der Waals surface area (Å²) < 4.78 is 37.4. The van der Waals surface area contributed by atoms with Gasteiger partial charge in [0.2, 0.25) is 10.0 Å². The Morgan fingerprint density at radius 1 is 1.14 bits per heavy atom. The molecule has 0 atom stereocenters. The number of esters is 1. The molecule has 7 nitrogen and oxygen atoms in total. The van der Waals surface area contributed by atoms with Crippen LogP contribution in [0.25, 0.3) is 10.6 Å². The molecular formula is C20H20N2O5S2. The average molecular weight is 433 g/mol. The highest BCUT2D eigenvalue weighted by Crippen LogP contribution is 2.25. The predicted octanol–water partition coefficient (Wildman–Crippen LogP) is 3.93. The van der Waals surface area contributed by atoms with Gasteiger partial charge in [-0.2, -0.15) is 4.31 Å². The molecule has 0 radical (unpaired) electrons. The van der Waals surface area contributed by atoms with Gasteiger partial charge in [0, 0.05) is 19.2 Å². The molecular weight excluding hydrogens is 412 g/mol. The molecule has 0 unspecified atom stereocenters. The Morgan fingerprint density at radius 3 is 2.59 bits per heavy atom. The number of nitrogens with zero attached hydrogens (tertiary/aromatic N) is 2. The van der Waals surface area contributed by atoms with Gasteiger partial charge >= 0.3 is 5.97 Å². The van der Waals surface area contributed by atoms with Gasteiger partial charge in [0.05, 0.1) is 15.3 Å². The molecule has 0 spiro atoms. The molecule has 4 rings (SSSR count). The zero-order valence-electron chi connectivity index (χ0n) is 15.6. The number of hydrogen-bond acceptors (Lipinski definition) is 7. The lowest BCUT2D eigenvalue weighted by molar-refractivity contribution is 0.0464. The summed E-state index contributed by atoms with van der Waals surface area (Å²) in [5.41, 5.74) is 0.788. The van der Waals surface area contributed by atoms with Crippen molar-refractivity contribution in [3.8, 4) is 10.6 Å². The Bertz CT molecular complexity index is 1070. The van der Waals surface area contributed by atoms with Crippen LogP contribution in [0.1, 0.15) is 35.3 Å². The summed E-state index contributed by atoms with van der Waals surface area (Å²) in [7, 11) is -3.52. The number of thiophene rings is 1. The summed E-state index contributed by atoms with van der Waals surface area (Å²) in [5, 5.41) is 5.84. The van der Waals surface area contributed by atoms with Crippen molar-refractivity contribution in [3.05, 3.63) is 59.1 Å². The third kappa shape index (κ3) is 4.42. The van der Waals surface area contributed by atoms with Crippen LogP contribution in [0.4, 0.5) is 0 Å². The van der Waals surface area contributed by atoms with Crippen LogP contribution in [0.2, 0.25) is 0 Å². The standard InChI is InChI=1S/C20H20N2O5S2/c23-20(26-14-16-13-18(27-21-16)19-5-4-12-28-19)15-6-8-17(9-7-15)29(24,25)22-10-2-1-3-11-22/h4-9,12-13H,1-3,10-11,14H2. The van der Waals surface area contributed by atoms with Crippen molar-refractivity contribution in [1.82, 2.24) is 9.46 Å². The van der Waals surface area contributed by atoms with Crippen LogP contribution in [0.3, 0.4) is 0 Å². The van der Waals surface area contributed by atoms with E-state index in [2.05, 4.69) is 5.16 Å². The second-order valence-corrected chi connectivity index (χ2v) is 9.61. The van der Waals surface area contributed by atoms with E-state index in [0.29, 0.717) is 24.5 Å². The Kier molecular flexibility index (Phi) is 5.79. The highest BCUT2D eigenvalue weighted by atomic mass is 32.2. The molecule has 1 aliphatic heterocycles. The van der Waals surface area contributed by atoms with Crippen LogP contribution < -0.4 is 0 Å². The quantitative estimate of drug-likeness (QED) is 0.548. The van der Waals surface area contributed by atoms with Crippen LogP contribution in [-0.4, -0.2) is 36.9 Å². The van der Waals surface area contributed by atoms with Crippen molar-refractivity contribution in [1.29, 1.82) is 0 Å². The maximum Gasteiger partial charge on any atom is 0.338 e. The molecule has 1 aromatic carbocycles. The van der Waals surface area contributed by atoms with Crippen molar-refractivity contribution in [3.63, 3.8) is 0 Å². The normalized spacial score (nSPS) is 15.3. The van der Waals surface area contributed by atoms with Crippen molar-refractivity contribution in [2.75, 3.05) is 13.1 Å². The number of sulfonamides is 1. The Balaban J connectivity index is 1.38. The summed E-state index contributed by atoms with van der Waals surface area (Å²) in [5.74, 6) is 0.0749. The number of carbonyl (C=O) groups is 1. The lowest BCUT2D eigenvalue weighted by Crippen LogP contribution is -2.35. The van der Waals surface area contributed by atoms with Crippen molar-refractivity contribution in [2.45, 2.75) is 30.8 Å². The SMILES string of the molecule is O=C(OCc1cc(-c2cccs2)on1)c1ccc(S(=O)(=O)N2CCCCC2)cc1. The third-order valence-corrected chi connectivity index (χ3v) is 7.51. The molecule has 1 aliphatic rings. The molecule has 0 saturated carbocycles. The molecule has 0 bridgehead atoms. The van der Waals surface area contributed by atoms with Gasteiger partial charge in [-0.3, -0.25) is 0 Å². The fraction of sp³-hybridized carbons (Fsp3) is 0.300. The van der Waals surface area contributed by atoms with E-state index in [1.165, 1.54) is 39.9 Å². The molecule has 0 aliphatic carbocycles. The van der Waals surface area contributed by atoms with E-state index in [9.17, 15) is 13.2 Å². The van der Waals surface area contributed by atoms with Crippen LogP contribution in [0.15, 0.2) is 57.3 Å². The molecule has 152 valence electrons. The highest BCUT2D eigenvalue weighted by molar-refractivity contribution is 7.89. The van der Waals surface area contributed by atoms with Gasteiger partial charge < -0.3 is 9.26 Å². The topological polar surface area (TPSA) is 89.7 Å². The summed E-state index contributed by atoms with van der Waals surface area (Å²) >= 11 is 1.53. The first kappa shape index (κ1) is 19.8. The number of hydrogen-bond donors (Lipinski definition) is 0. The number of piperidine rings is 1. The van der Waals surface area contributed by atoms with E-state index in [-0.39, 0.29) is 17.1 Å². The van der Waals surface area contributed by atoms with Gasteiger partial charge in [0.1, 0.15) is 12.3 Å². The van der Waals surface area contributed by atoms with Crippen molar-refractivity contribution in [2.24, 2.45) is 0 Å². The number of rotatable bonds is 6. The first-order valence-electron chi connectivity index (χ1n) is 9.31. The molecule has 2 aromatic heterocycles. The van der Waals surface area contributed by atoms with Gasteiger partial charge in [-0.25, -0.2) is 13.2 Å². The third-order valence-electron chi connectivity index (χ3n) is 4.72. The Hall–Kier alpha value is -2.49. The first-order chi connectivity index (χ1) is 14.0. The molecule has 3 heterocycles. The fourth-order valence-electron chi connectivity index (χ4n) is 3.15. The van der Waals surface area contributed by atoms with E-state index in [1.807, 2.05) is 17.5 Å². The molecule has 29 heavy (non-hydrogen) atoms. The van der Waals surface area contributed by atoms with Crippen LogP contribution in [0.5, 0.6) is 0 Å². The number of benzene rings is 1. The first-order valence-corrected chi connectivity index (χ1v) is 11.6. The van der Waals surface area contributed by atoms with E-state index in [0.717, 1.165) is 24.1 Å². The minimum atomic E-state index is -3.52. The minimum absolute atomic E-state index is 0.0263. The highest BCUT2D eigenvalue weighted by Gasteiger charge is 2.26. The fourth-order valence-corrected chi connectivity index (χ4v) is 5.35. The van der Waals surface area contributed by atoms with E-state index < -0.39 is 16.0 Å². The molecule has 1 fully saturated rings. The Morgan fingerprint density at radius 2 is 1.90 bits per heavy atom. The average Bonchev–Trinajstić information content (AvgIpc) is 3.44. The Labute approximate surface area is 172 Å². The summed E-state index contributed by atoms with van der Waals surface area (Å²) in [4.78, 5) is 13.4.